The molecule has 0 bridgehead atoms. The Morgan fingerprint density at radius 1 is 1.33 bits per heavy atom. The maximum Gasteiger partial charge on any atom is 0.239 e. The van der Waals surface area contributed by atoms with Crippen molar-refractivity contribution in [3.8, 4) is 0 Å². The van der Waals surface area contributed by atoms with E-state index >= 15 is 0 Å². The van der Waals surface area contributed by atoms with Gasteiger partial charge in [0.2, 0.25) is 5.91 Å². The van der Waals surface area contributed by atoms with Gasteiger partial charge in [0.25, 0.3) is 0 Å². The van der Waals surface area contributed by atoms with E-state index in [1.807, 2.05) is 42.8 Å². The maximum absolute atomic E-state index is 12.1. The van der Waals surface area contributed by atoms with E-state index in [9.17, 15) is 4.79 Å². The highest BCUT2D eigenvalue weighted by Gasteiger charge is 2.18. The van der Waals surface area contributed by atoms with Crippen molar-refractivity contribution in [3.63, 3.8) is 0 Å². The van der Waals surface area contributed by atoms with Gasteiger partial charge in [-0.1, -0.05) is 32.0 Å². The van der Waals surface area contributed by atoms with Crippen LogP contribution in [-0.4, -0.2) is 28.7 Å². The van der Waals surface area contributed by atoms with Crippen molar-refractivity contribution in [1.82, 2.24) is 9.88 Å². The summed E-state index contributed by atoms with van der Waals surface area (Å²) in [6.45, 7) is 7.18. The SMILES string of the molecule is Cc1cn(CC(=O)NCC(C)(C)CCO)c2ccccc12. The van der Waals surface area contributed by atoms with Crippen molar-refractivity contribution in [3.05, 3.63) is 36.0 Å². The van der Waals surface area contributed by atoms with E-state index in [0.29, 0.717) is 19.5 Å². The minimum absolute atomic E-state index is 0.00164. The average Bonchev–Trinajstić information content (AvgIpc) is 2.74. The van der Waals surface area contributed by atoms with Gasteiger partial charge in [-0.15, -0.1) is 0 Å². The summed E-state index contributed by atoms with van der Waals surface area (Å²) < 4.78 is 1.99. The van der Waals surface area contributed by atoms with Crippen molar-refractivity contribution >= 4 is 16.8 Å². The molecule has 0 aliphatic carbocycles. The number of hydrogen-bond donors (Lipinski definition) is 2. The number of aromatic nitrogens is 1. The molecule has 1 aromatic carbocycles. The van der Waals surface area contributed by atoms with Crippen molar-refractivity contribution in [2.24, 2.45) is 5.41 Å². The van der Waals surface area contributed by atoms with E-state index in [4.69, 9.17) is 5.11 Å². The zero-order chi connectivity index (χ0) is 15.5. The van der Waals surface area contributed by atoms with Crippen molar-refractivity contribution in [1.29, 1.82) is 0 Å². The Kier molecular flexibility index (Phi) is 4.68. The quantitative estimate of drug-likeness (QED) is 0.858. The third-order valence-corrected chi connectivity index (χ3v) is 3.85. The van der Waals surface area contributed by atoms with Crippen LogP contribution in [0.5, 0.6) is 0 Å². The summed E-state index contributed by atoms with van der Waals surface area (Å²) in [6.07, 6.45) is 2.70. The first-order valence-electron chi connectivity index (χ1n) is 7.35. The predicted molar refractivity (Wildman–Crippen MR) is 85.2 cm³/mol. The Labute approximate surface area is 125 Å². The fraction of sp³-hybridized carbons (Fsp3) is 0.471. The molecule has 0 saturated carbocycles. The van der Waals surface area contributed by atoms with Gasteiger partial charge in [-0.25, -0.2) is 0 Å². The van der Waals surface area contributed by atoms with Crippen LogP contribution in [0.2, 0.25) is 0 Å². The normalized spacial score (nSPS) is 11.8. The Hall–Kier alpha value is -1.81. The summed E-state index contributed by atoms with van der Waals surface area (Å²) >= 11 is 0. The van der Waals surface area contributed by atoms with Gasteiger partial charge in [0, 0.05) is 30.3 Å². The zero-order valence-corrected chi connectivity index (χ0v) is 13.0. The molecule has 0 atom stereocenters. The van der Waals surface area contributed by atoms with Crippen LogP contribution in [0.1, 0.15) is 25.8 Å². The molecule has 0 unspecified atom stereocenters. The van der Waals surface area contributed by atoms with E-state index in [0.717, 1.165) is 5.52 Å². The summed E-state index contributed by atoms with van der Waals surface area (Å²) in [4.78, 5) is 12.1. The zero-order valence-electron chi connectivity index (χ0n) is 13.0. The molecular weight excluding hydrogens is 264 g/mol. The van der Waals surface area contributed by atoms with Crippen LogP contribution >= 0.6 is 0 Å². The number of rotatable bonds is 6. The molecule has 1 aromatic heterocycles. The molecular formula is C17H24N2O2. The van der Waals surface area contributed by atoms with Crippen LogP contribution in [0.25, 0.3) is 10.9 Å². The third kappa shape index (κ3) is 3.85. The fourth-order valence-electron chi connectivity index (χ4n) is 2.50. The smallest absolute Gasteiger partial charge is 0.239 e. The maximum atomic E-state index is 12.1. The first-order valence-corrected chi connectivity index (χ1v) is 7.35. The van der Waals surface area contributed by atoms with Gasteiger partial charge in [-0.2, -0.15) is 0 Å². The number of para-hydroxylation sites is 1. The number of carbonyl (C=O) groups excluding carboxylic acids is 1. The Bertz CT molecular complexity index is 629. The van der Waals surface area contributed by atoms with Gasteiger partial charge in [-0.05, 0) is 30.4 Å². The molecule has 21 heavy (non-hydrogen) atoms. The number of carbonyl (C=O) groups is 1. The fourth-order valence-corrected chi connectivity index (χ4v) is 2.50. The molecule has 4 heteroatoms. The number of amides is 1. The second-order valence-corrected chi connectivity index (χ2v) is 6.37. The van der Waals surface area contributed by atoms with Gasteiger partial charge >= 0.3 is 0 Å². The summed E-state index contributed by atoms with van der Waals surface area (Å²) in [5, 5.41) is 13.2. The molecule has 1 heterocycles. The van der Waals surface area contributed by atoms with Gasteiger partial charge in [0.1, 0.15) is 6.54 Å². The Morgan fingerprint density at radius 2 is 2.05 bits per heavy atom. The van der Waals surface area contributed by atoms with Crippen molar-refractivity contribution in [2.75, 3.05) is 13.2 Å². The molecule has 0 spiro atoms. The van der Waals surface area contributed by atoms with E-state index in [2.05, 4.69) is 18.3 Å². The first kappa shape index (κ1) is 15.6. The standard InChI is InChI=1S/C17H24N2O2/c1-13-10-19(15-7-5-4-6-14(13)15)11-16(21)18-12-17(2,3)8-9-20/h4-7,10,20H,8-9,11-12H2,1-3H3,(H,18,21). The summed E-state index contributed by atoms with van der Waals surface area (Å²) in [5.41, 5.74) is 2.18. The highest BCUT2D eigenvalue weighted by molar-refractivity contribution is 5.85. The largest absolute Gasteiger partial charge is 0.396 e. The van der Waals surface area contributed by atoms with E-state index in [-0.39, 0.29) is 17.9 Å². The summed E-state index contributed by atoms with van der Waals surface area (Å²) in [5.74, 6) is 0.00164. The monoisotopic (exact) mass is 288 g/mol. The lowest BCUT2D eigenvalue weighted by Crippen LogP contribution is -2.36. The topological polar surface area (TPSA) is 54.3 Å². The van der Waals surface area contributed by atoms with E-state index in [1.54, 1.807) is 0 Å². The lowest BCUT2D eigenvalue weighted by atomic mass is 9.90. The minimum atomic E-state index is -0.0842. The molecule has 0 radical (unpaired) electrons. The van der Waals surface area contributed by atoms with Gasteiger partial charge < -0.3 is 15.0 Å². The third-order valence-electron chi connectivity index (χ3n) is 3.85. The van der Waals surface area contributed by atoms with Crippen LogP contribution in [0.4, 0.5) is 0 Å². The second kappa shape index (κ2) is 6.31. The molecule has 0 aliphatic rings. The van der Waals surface area contributed by atoms with E-state index in [1.165, 1.54) is 10.9 Å². The average molecular weight is 288 g/mol. The lowest BCUT2D eigenvalue weighted by molar-refractivity contribution is -0.122. The van der Waals surface area contributed by atoms with Crippen LogP contribution in [0.15, 0.2) is 30.5 Å². The predicted octanol–water partition coefficient (Wildman–Crippen LogP) is 2.47. The second-order valence-electron chi connectivity index (χ2n) is 6.37. The molecule has 2 rings (SSSR count). The number of aliphatic hydroxyl groups is 1. The highest BCUT2D eigenvalue weighted by Crippen LogP contribution is 2.20. The van der Waals surface area contributed by atoms with Gasteiger partial charge in [0.05, 0.1) is 0 Å². The molecule has 0 fully saturated rings. The van der Waals surface area contributed by atoms with Gasteiger partial charge in [0.15, 0.2) is 0 Å². The summed E-state index contributed by atoms with van der Waals surface area (Å²) in [7, 11) is 0. The van der Waals surface area contributed by atoms with Crippen molar-refractivity contribution < 1.29 is 9.90 Å². The van der Waals surface area contributed by atoms with E-state index < -0.39 is 0 Å². The number of nitrogens with zero attached hydrogens (tertiary/aromatic N) is 1. The first-order chi connectivity index (χ1) is 9.93. The molecule has 2 N–H and O–H groups in total. The van der Waals surface area contributed by atoms with Crippen LogP contribution in [-0.2, 0) is 11.3 Å². The Morgan fingerprint density at radius 3 is 2.76 bits per heavy atom. The minimum Gasteiger partial charge on any atom is -0.396 e. The molecule has 0 aliphatic heterocycles. The molecule has 1 amide bonds. The molecule has 0 saturated heterocycles. The molecule has 2 aromatic rings. The van der Waals surface area contributed by atoms with Gasteiger partial charge in [-0.3, -0.25) is 4.79 Å². The lowest BCUT2D eigenvalue weighted by Gasteiger charge is -2.23. The van der Waals surface area contributed by atoms with Crippen molar-refractivity contribution in [2.45, 2.75) is 33.7 Å². The number of hydrogen-bond acceptors (Lipinski definition) is 2. The molecule has 4 nitrogen and oxygen atoms in total. The molecule has 114 valence electrons. The summed E-state index contributed by atoms with van der Waals surface area (Å²) in [6, 6.07) is 8.10. The number of nitrogens with one attached hydrogen (secondary N) is 1. The number of fused-ring (bicyclic) bond motifs is 1. The number of benzene rings is 1. The van der Waals surface area contributed by atoms with Crippen LogP contribution in [0.3, 0.4) is 0 Å². The number of aryl methyl sites for hydroxylation is 1. The van der Waals surface area contributed by atoms with Crippen LogP contribution in [0, 0.1) is 12.3 Å². The highest BCUT2D eigenvalue weighted by atomic mass is 16.3. The van der Waals surface area contributed by atoms with Crippen LogP contribution < -0.4 is 5.32 Å². The Balaban J connectivity index is 2.02. The number of aliphatic hydroxyl groups excluding tert-OH is 1.